The lowest BCUT2D eigenvalue weighted by molar-refractivity contribution is -0.140. The van der Waals surface area contributed by atoms with Crippen LogP contribution in [0.1, 0.15) is 12.8 Å². The van der Waals surface area contributed by atoms with Gasteiger partial charge in [-0.2, -0.15) is 4.72 Å². The third-order valence-corrected chi connectivity index (χ3v) is 5.64. The molecule has 0 saturated heterocycles. The minimum Gasteiger partial charge on any atom is -0.481 e. The minimum absolute atomic E-state index is 0.0408. The molecule has 7 nitrogen and oxygen atoms in total. The van der Waals surface area contributed by atoms with E-state index in [-0.39, 0.29) is 10.6 Å². The number of nitrogens with one attached hydrogen (secondary N) is 1. The molecule has 19 heavy (non-hydrogen) atoms. The van der Waals surface area contributed by atoms with Crippen LogP contribution in [0.25, 0.3) is 0 Å². The highest BCUT2D eigenvalue weighted by Gasteiger charge is 2.26. The van der Waals surface area contributed by atoms with Crippen LogP contribution in [-0.4, -0.2) is 36.6 Å². The van der Waals surface area contributed by atoms with Gasteiger partial charge in [0.2, 0.25) is 0 Å². The Hall–Kier alpha value is -0.970. The van der Waals surface area contributed by atoms with E-state index in [0.29, 0.717) is 3.79 Å². The molecular formula is C9H10BrNO6S2. The first-order valence-electron chi connectivity index (χ1n) is 4.94. The van der Waals surface area contributed by atoms with Crippen molar-refractivity contribution in [1.29, 1.82) is 0 Å². The van der Waals surface area contributed by atoms with Crippen LogP contribution < -0.4 is 4.72 Å². The molecule has 106 valence electrons. The Labute approximate surface area is 121 Å². The summed E-state index contributed by atoms with van der Waals surface area (Å²) in [7, 11) is -3.97. The standard InChI is InChI=1S/C9H10BrNO6S2/c10-6-2-4-8(18-6)19(16,17)11-5(9(14)15)1-3-7(12)13/h2,4-5,11H,1,3H2,(H,12,13)(H,14,15)/t5-/m1/s1. The van der Waals surface area contributed by atoms with Crippen LogP contribution in [0.2, 0.25) is 0 Å². The minimum atomic E-state index is -3.97. The van der Waals surface area contributed by atoms with Gasteiger partial charge < -0.3 is 10.2 Å². The highest BCUT2D eigenvalue weighted by atomic mass is 79.9. The summed E-state index contributed by atoms with van der Waals surface area (Å²) in [4.78, 5) is 21.3. The van der Waals surface area contributed by atoms with Crippen molar-refractivity contribution in [3.63, 3.8) is 0 Å². The molecule has 0 spiro atoms. The highest BCUT2D eigenvalue weighted by molar-refractivity contribution is 9.11. The molecule has 0 unspecified atom stereocenters. The van der Waals surface area contributed by atoms with Crippen molar-refractivity contribution in [3.8, 4) is 0 Å². The first-order chi connectivity index (χ1) is 8.72. The summed E-state index contributed by atoms with van der Waals surface area (Å²) in [6.07, 6.45) is -0.760. The molecule has 0 radical (unpaired) electrons. The molecule has 0 aliphatic carbocycles. The van der Waals surface area contributed by atoms with Crippen LogP contribution in [0.5, 0.6) is 0 Å². The van der Waals surface area contributed by atoms with E-state index >= 15 is 0 Å². The predicted octanol–water partition coefficient (Wildman–Crippen LogP) is 1.11. The highest BCUT2D eigenvalue weighted by Crippen LogP contribution is 2.26. The largest absolute Gasteiger partial charge is 0.481 e. The summed E-state index contributed by atoms with van der Waals surface area (Å²) in [5, 5.41) is 17.4. The van der Waals surface area contributed by atoms with Crippen LogP contribution in [-0.2, 0) is 19.6 Å². The monoisotopic (exact) mass is 371 g/mol. The van der Waals surface area contributed by atoms with Crippen LogP contribution in [0, 0.1) is 0 Å². The van der Waals surface area contributed by atoms with Crippen LogP contribution in [0.3, 0.4) is 0 Å². The Balaban J connectivity index is 2.84. The van der Waals surface area contributed by atoms with E-state index in [1.807, 2.05) is 4.72 Å². The topological polar surface area (TPSA) is 121 Å². The molecule has 0 fully saturated rings. The summed E-state index contributed by atoms with van der Waals surface area (Å²) in [6.45, 7) is 0. The van der Waals surface area contributed by atoms with Gasteiger partial charge in [0.25, 0.3) is 10.0 Å². The van der Waals surface area contributed by atoms with Crippen molar-refractivity contribution in [2.75, 3.05) is 0 Å². The van der Waals surface area contributed by atoms with Gasteiger partial charge in [0.05, 0.1) is 3.79 Å². The molecule has 0 aliphatic rings. The Bertz CT molecular complexity index is 581. The second-order valence-electron chi connectivity index (χ2n) is 3.50. The van der Waals surface area contributed by atoms with Gasteiger partial charge in [0.15, 0.2) is 0 Å². The smallest absolute Gasteiger partial charge is 0.321 e. The lowest BCUT2D eigenvalue weighted by Crippen LogP contribution is -2.40. The number of halogens is 1. The summed E-state index contributed by atoms with van der Waals surface area (Å²) in [5.41, 5.74) is 0. The van der Waals surface area contributed by atoms with Crippen molar-refractivity contribution in [1.82, 2.24) is 4.72 Å². The van der Waals surface area contributed by atoms with Crippen molar-refractivity contribution < 1.29 is 28.2 Å². The van der Waals surface area contributed by atoms with E-state index in [1.54, 1.807) is 0 Å². The normalized spacial score (nSPS) is 13.1. The number of aliphatic carboxylic acids is 2. The Morgan fingerprint density at radius 2 is 2.00 bits per heavy atom. The quantitative estimate of drug-likeness (QED) is 0.659. The van der Waals surface area contributed by atoms with E-state index in [4.69, 9.17) is 10.2 Å². The lowest BCUT2D eigenvalue weighted by atomic mass is 10.2. The molecule has 0 aromatic carbocycles. The fourth-order valence-electron chi connectivity index (χ4n) is 1.19. The number of sulfonamides is 1. The van der Waals surface area contributed by atoms with Gasteiger partial charge in [-0.1, -0.05) is 0 Å². The Morgan fingerprint density at radius 3 is 2.42 bits per heavy atom. The maximum atomic E-state index is 11.9. The van der Waals surface area contributed by atoms with Gasteiger partial charge in [-0.25, -0.2) is 8.42 Å². The molecule has 0 bridgehead atoms. The average molecular weight is 372 g/mol. The van der Waals surface area contributed by atoms with E-state index < -0.39 is 34.4 Å². The fraction of sp³-hybridized carbons (Fsp3) is 0.333. The van der Waals surface area contributed by atoms with Crippen molar-refractivity contribution in [2.24, 2.45) is 0 Å². The fourth-order valence-corrected chi connectivity index (χ4v) is 4.44. The van der Waals surface area contributed by atoms with Gasteiger partial charge in [0.1, 0.15) is 10.3 Å². The first kappa shape index (κ1) is 16.1. The molecule has 1 rings (SSSR count). The maximum absolute atomic E-state index is 11.9. The predicted molar refractivity (Wildman–Crippen MR) is 70.6 cm³/mol. The van der Waals surface area contributed by atoms with E-state index in [2.05, 4.69) is 15.9 Å². The number of carbonyl (C=O) groups is 2. The molecule has 3 N–H and O–H groups in total. The van der Waals surface area contributed by atoms with Gasteiger partial charge in [-0.15, -0.1) is 11.3 Å². The number of thiophene rings is 1. The zero-order valence-corrected chi connectivity index (χ0v) is 12.6. The number of carboxylic acid groups (broad SMARTS) is 2. The average Bonchev–Trinajstić information content (AvgIpc) is 2.71. The molecular weight excluding hydrogens is 362 g/mol. The van der Waals surface area contributed by atoms with Crippen molar-refractivity contribution in [3.05, 3.63) is 15.9 Å². The zero-order chi connectivity index (χ0) is 14.6. The maximum Gasteiger partial charge on any atom is 0.321 e. The van der Waals surface area contributed by atoms with Gasteiger partial charge in [0, 0.05) is 6.42 Å². The van der Waals surface area contributed by atoms with Gasteiger partial charge >= 0.3 is 11.9 Å². The molecule has 0 amide bonds. The second kappa shape index (κ2) is 6.46. The second-order valence-corrected chi connectivity index (χ2v) is 7.91. The van der Waals surface area contributed by atoms with Crippen molar-refractivity contribution in [2.45, 2.75) is 23.1 Å². The SMILES string of the molecule is O=C(O)CC[C@@H](NS(=O)(=O)c1ccc(Br)s1)C(=O)O. The lowest BCUT2D eigenvalue weighted by Gasteiger charge is -2.12. The van der Waals surface area contributed by atoms with E-state index in [0.717, 1.165) is 11.3 Å². The first-order valence-corrected chi connectivity index (χ1v) is 8.04. The molecule has 0 aliphatic heterocycles. The van der Waals surface area contributed by atoms with Crippen molar-refractivity contribution >= 4 is 49.2 Å². The zero-order valence-electron chi connectivity index (χ0n) is 9.37. The molecule has 1 heterocycles. The molecule has 1 aromatic heterocycles. The van der Waals surface area contributed by atoms with Crippen LogP contribution >= 0.6 is 27.3 Å². The number of carboxylic acids is 2. The molecule has 1 atom stereocenters. The molecule has 1 aromatic rings. The third kappa shape index (κ3) is 4.90. The number of hydrogen-bond donors (Lipinski definition) is 3. The summed E-state index contributed by atoms with van der Waals surface area (Å²) < 4.78 is 26.3. The third-order valence-electron chi connectivity index (χ3n) is 2.06. The number of rotatable bonds is 7. The van der Waals surface area contributed by atoms with Gasteiger partial charge in [-0.05, 0) is 34.5 Å². The van der Waals surface area contributed by atoms with E-state index in [1.165, 1.54) is 12.1 Å². The van der Waals surface area contributed by atoms with E-state index in [9.17, 15) is 18.0 Å². The molecule has 10 heteroatoms. The van der Waals surface area contributed by atoms with Crippen LogP contribution in [0.15, 0.2) is 20.1 Å². The summed E-state index contributed by atoms with van der Waals surface area (Å²) in [5.74, 6) is -2.61. The van der Waals surface area contributed by atoms with Crippen LogP contribution in [0.4, 0.5) is 0 Å². The Morgan fingerprint density at radius 1 is 1.37 bits per heavy atom. The van der Waals surface area contributed by atoms with Gasteiger partial charge in [-0.3, -0.25) is 9.59 Å². The summed E-state index contributed by atoms with van der Waals surface area (Å²) in [6, 6.07) is 1.38. The summed E-state index contributed by atoms with van der Waals surface area (Å²) >= 11 is 4.03. The Kier molecular flexibility index (Phi) is 5.47. The number of hydrogen-bond acceptors (Lipinski definition) is 5. The molecule has 0 saturated carbocycles.